The van der Waals surface area contributed by atoms with Gasteiger partial charge < -0.3 is 9.66 Å². The van der Waals surface area contributed by atoms with Gasteiger partial charge in [0.25, 0.3) is 0 Å². The van der Waals surface area contributed by atoms with E-state index in [1.807, 2.05) is 0 Å². The molecule has 1 atom stereocenters. The number of hydrogen-bond acceptors (Lipinski definition) is 4. The minimum Gasteiger partial charge on any atom is -0.506 e. The third-order valence-corrected chi connectivity index (χ3v) is 3.37. The van der Waals surface area contributed by atoms with E-state index < -0.39 is 11.1 Å². The summed E-state index contributed by atoms with van der Waals surface area (Å²) in [5, 5.41) is 18.1. The largest absolute Gasteiger partial charge is 0.506 e. The van der Waals surface area contributed by atoms with E-state index in [4.69, 9.17) is 0 Å². The van der Waals surface area contributed by atoms with Crippen LogP contribution in [0.1, 0.15) is 0 Å². The first-order valence-corrected chi connectivity index (χ1v) is 6.53. The molecule has 0 aliphatic heterocycles. The van der Waals surface area contributed by atoms with Crippen LogP contribution in [0.15, 0.2) is 47.4 Å². The van der Waals surface area contributed by atoms with Gasteiger partial charge in [-0.05, 0) is 24.3 Å². The molecule has 0 aliphatic carbocycles. The second-order valence-electron chi connectivity index (χ2n) is 3.85. The van der Waals surface area contributed by atoms with E-state index in [0.29, 0.717) is 16.7 Å². The van der Waals surface area contributed by atoms with Crippen molar-refractivity contribution in [1.82, 2.24) is 15.0 Å². The van der Waals surface area contributed by atoms with Gasteiger partial charge in [0, 0.05) is 0 Å². The topological polar surface area (TPSA) is 88.2 Å². The van der Waals surface area contributed by atoms with Crippen molar-refractivity contribution < 1.29 is 13.9 Å². The lowest BCUT2D eigenvalue weighted by Crippen LogP contribution is -1.98. The lowest BCUT2D eigenvalue weighted by molar-refractivity contribution is 0.468. The molecule has 96 valence electrons. The normalized spacial score (nSPS) is 12.7. The summed E-state index contributed by atoms with van der Waals surface area (Å²) in [6, 6.07) is 11.5. The first kappa shape index (κ1) is 11.8. The molecule has 7 heteroatoms. The van der Waals surface area contributed by atoms with Gasteiger partial charge in [-0.3, -0.25) is 0 Å². The fourth-order valence-electron chi connectivity index (χ4n) is 1.79. The van der Waals surface area contributed by atoms with Crippen molar-refractivity contribution in [3.05, 3.63) is 42.5 Å². The first-order chi connectivity index (χ1) is 9.16. The zero-order chi connectivity index (χ0) is 13.4. The molecule has 1 unspecified atom stereocenters. The zero-order valence-corrected chi connectivity index (χ0v) is 10.4. The first-order valence-electron chi connectivity index (χ1n) is 5.42. The third-order valence-electron chi connectivity index (χ3n) is 2.66. The average Bonchev–Trinajstić information content (AvgIpc) is 2.82. The number of hydrogen-bond donors (Lipinski definition) is 2. The smallest absolute Gasteiger partial charge is 0.188 e. The van der Waals surface area contributed by atoms with Crippen LogP contribution >= 0.6 is 0 Å². The summed E-state index contributed by atoms with van der Waals surface area (Å²) in [7, 11) is 0. The van der Waals surface area contributed by atoms with E-state index in [2.05, 4.69) is 10.2 Å². The Morgan fingerprint density at radius 1 is 1.05 bits per heavy atom. The van der Waals surface area contributed by atoms with E-state index >= 15 is 0 Å². The standard InChI is InChI=1S/C12H9N3O3S/c16-10-6-2-1-5-9(10)15-13-8-4-3-7-11(19(17)18)12(8)14-15/h1-7,16H,(H,17,18). The molecule has 0 saturated heterocycles. The van der Waals surface area contributed by atoms with E-state index in [-0.39, 0.29) is 10.6 Å². The molecule has 1 heterocycles. The molecule has 0 bridgehead atoms. The number of benzene rings is 2. The van der Waals surface area contributed by atoms with Gasteiger partial charge in [-0.2, -0.15) is 0 Å². The molecule has 2 N–H and O–H groups in total. The Morgan fingerprint density at radius 2 is 1.84 bits per heavy atom. The Balaban J connectivity index is 2.26. The summed E-state index contributed by atoms with van der Waals surface area (Å²) in [5.74, 6) is 0.0366. The van der Waals surface area contributed by atoms with Gasteiger partial charge in [0.15, 0.2) is 11.1 Å². The maximum atomic E-state index is 11.2. The predicted octanol–water partition coefficient (Wildman–Crippen LogP) is 1.71. The molecule has 3 aromatic rings. The molecule has 0 amide bonds. The highest BCUT2D eigenvalue weighted by Gasteiger charge is 2.13. The second kappa shape index (κ2) is 4.45. The summed E-state index contributed by atoms with van der Waals surface area (Å²) in [5.41, 5.74) is 1.24. The summed E-state index contributed by atoms with van der Waals surface area (Å²) in [6.07, 6.45) is 0. The summed E-state index contributed by atoms with van der Waals surface area (Å²) in [6.45, 7) is 0. The van der Waals surface area contributed by atoms with Crippen LogP contribution in [0.3, 0.4) is 0 Å². The number of para-hydroxylation sites is 2. The average molecular weight is 275 g/mol. The van der Waals surface area contributed by atoms with Crippen LogP contribution in [-0.4, -0.2) is 28.9 Å². The summed E-state index contributed by atoms with van der Waals surface area (Å²) >= 11 is -2.13. The molecule has 2 aromatic carbocycles. The fraction of sp³-hybridized carbons (Fsp3) is 0. The van der Waals surface area contributed by atoms with E-state index in [0.717, 1.165) is 0 Å². The highest BCUT2D eigenvalue weighted by molar-refractivity contribution is 7.79. The highest BCUT2D eigenvalue weighted by atomic mass is 32.2. The molecule has 3 rings (SSSR count). The lowest BCUT2D eigenvalue weighted by Gasteiger charge is -2.00. The fourth-order valence-corrected chi connectivity index (χ4v) is 2.30. The summed E-state index contributed by atoms with van der Waals surface area (Å²) in [4.78, 5) is 1.44. The predicted molar refractivity (Wildman–Crippen MR) is 69.6 cm³/mol. The van der Waals surface area contributed by atoms with Crippen molar-refractivity contribution in [3.8, 4) is 11.4 Å². The molecule has 0 fully saturated rings. The highest BCUT2D eigenvalue weighted by Crippen LogP contribution is 2.23. The van der Waals surface area contributed by atoms with Crippen LogP contribution in [0.4, 0.5) is 0 Å². The summed E-state index contributed by atoms with van der Waals surface area (Å²) < 4.78 is 20.4. The Hall–Kier alpha value is -2.25. The maximum absolute atomic E-state index is 11.2. The van der Waals surface area contributed by atoms with Crippen molar-refractivity contribution in [1.29, 1.82) is 0 Å². The van der Waals surface area contributed by atoms with Crippen LogP contribution in [0.2, 0.25) is 0 Å². The Morgan fingerprint density at radius 3 is 2.58 bits per heavy atom. The van der Waals surface area contributed by atoms with Crippen molar-refractivity contribution in [2.45, 2.75) is 4.90 Å². The molecule has 0 aliphatic rings. The minimum atomic E-state index is -2.13. The van der Waals surface area contributed by atoms with E-state index in [1.54, 1.807) is 30.3 Å². The number of phenols is 1. The zero-order valence-electron chi connectivity index (χ0n) is 9.59. The van der Waals surface area contributed by atoms with Crippen molar-refractivity contribution in [2.24, 2.45) is 0 Å². The molecule has 19 heavy (non-hydrogen) atoms. The number of phenolic OH excluding ortho intramolecular Hbond substituents is 1. The quantitative estimate of drug-likeness (QED) is 0.695. The van der Waals surface area contributed by atoms with Gasteiger partial charge >= 0.3 is 0 Å². The SMILES string of the molecule is O=S(O)c1cccc2nn(-c3ccccc3O)nc12. The number of rotatable bonds is 2. The second-order valence-corrected chi connectivity index (χ2v) is 4.79. The van der Waals surface area contributed by atoms with Gasteiger partial charge in [0.05, 0.1) is 4.90 Å². The molecule has 1 aromatic heterocycles. The minimum absolute atomic E-state index is 0.0366. The van der Waals surface area contributed by atoms with E-state index in [1.165, 1.54) is 16.9 Å². The van der Waals surface area contributed by atoms with Crippen molar-refractivity contribution >= 4 is 22.1 Å². The van der Waals surface area contributed by atoms with Gasteiger partial charge in [0.1, 0.15) is 22.5 Å². The van der Waals surface area contributed by atoms with Crippen molar-refractivity contribution in [2.75, 3.05) is 0 Å². The van der Waals surface area contributed by atoms with Gasteiger partial charge in [-0.1, -0.05) is 18.2 Å². The Labute approximate surface area is 110 Å². The van der Waals surface area contributed by atoms with Crippen LogP contribution in [0.5, 0.6) is 5.75 Å². The van der Waals surface area contributed by atoms with Crippen LogP contribution < -0.4 is 0 Å². The number of fused-ring (bicyclic) bond motifs is 1. The maximum Gasteiger partial charge on any atom is 0.188 e. The third kappa shape index (κ3) is 1.98. The lowest BCUT2D eigenvalue weighted by atomic mass is 10.3. The molecule has 6 nitrogen and oxygen atoms in total. The number of nitrogens with zero attached hydrogens (tertiary/aromatic N) is 3. The van der Waals surface area contributed by atoms with Crippen molar-refractivity contribution in [3.63, 3.8) is 0 Å². The van der Waals surface area contributed by atoms with Crippen LogP contribution in [0.25, 0.3) is 16.7 Å². The molecular weight excluding hydrogens is 266 g/mol. The van der Waals surface area contributed by atoms with Crippen LogP contribution in [0, 0.1) is 0 Å². The number of aromatic nitrogens is 3. The Kier molecular flexibility index (Phi) is 2.77. The number of aromatic hydroxyl groups is 1. The van der Waals surface area contributed by atoms with Gasteiger partial charge in [0.2, 0.25) is 0 Å². The molecule has 0 spiro atoms. The molecule has 0 radical (unpaired) electrons. The van der Waals surface area contributed by atoms with E-state index in [9.17, 15) is 13.9 Å². The van der Waals surface area contributed by atoms with Gasteiger partial charge in [-0.15, -0.1) is 15.0 Å². The van der Waals surface area contributed by atoms with Gasteiger partial charge in [-0.25, -0.2) is 4.21 Å². The van der Waals surface area contributed by atoms with Crippen LogP contribution in [-0.2, 0) is 11.1 Å². The molecule has 0 saturated carbocycles. The molecular formula is C12H9N3O3S. The monoisotopic (exact) mass is 275 g/mol. The Bertz CT molecular complexity index is 785.